The van der Waals surface area contributed by atoms with Gasteiger partial charge in [0.25, 0.3) is 5.95 Å². The molecule has 1 fully saturated rings. The predicted molar refractivity (Wildman–Crippen MR) is 96.1 cm³/mol. The second-order valence-corrected chi connectivity index (χ2v) is 6.17. The first kappa shape index (κ1) is 16.4. The van der Waals surface area contributed by atoms with Crippen LogP contribution < -0.4 is 5.73 Å². The van der Waals surface area contributed by atoms with Crippen LogP contribution in [0.1, 0.15) is 17.0 Å². The molecule has 1 aromatic carbocycles. The maximum atomic E-state index is 6.16. The molecule has 2 heterocycles. The quantitative estimate of drug-likeness (QED) is 0.689. The molecule has 0 bridgehead atoms. The Morgan fingerprint density at radius 3 is 2.29 bits per heavy atom. The number of aromatic nitrogens is 2. The lowest BCUT2D eigenvalue weighted by molar-refractivity contribution is 0.174. The number of piperazine rings is 1. The van der Waals surface area contributed by atoms with Gasteiger partial charge in [0.1, 0.15) is 0 Å². The molecule has 126 valence electrons. The fourth-order valence-corrected chi connectivity index (χ4v) is 2.91. The summed E-state index contributed by atoms with van der Waals surface area (Å²) < 4.78 is 0. The molecule has 0 atom stereocenters. The summed E-state index contributed by atoms with van der Waals surface area (Å²) in [5.74, 6) is 0.941. The first-order chi connectivity index (χ1) is 11.6. The molecule has 3 rings (SSSR count). The van der Waals surface area contributed by atoms with Crippen LogP contribution in [0.4, 0.5) is 5.95 Å². The SMILES string of the molecule is Cc1cc(C)nc(N=C(N)N2CCN(Cc3ccccc3)CC2)n1. The lowest BCUT2D eigenvalue weighted by Gasteiger charge is -2.35. The lowest BCUT2D eigenvalue weighted by Crippen LogP contribution is -2.50. The highest BCUT2D eigenvalue weighted by Crippen LogP contribution is 2.11. The summed E-state index contributed by atoms with van der Waals surface area (Å²) in [6, 6.07) is 12.5. The van der Waals surface area contributed by atoms with Crippen LogP contribution in [-0.2, 0) is 6.54 Å². The van der Waals surface area contributed by atoms with E-state index in [9.17, 15) is 0 Å². The van der Waals surface area contributed by atoms with E-state index in [-0.39, 0.29) is 0 Å². The van der Waals surface area contributed by atoms with Gasteiger partial charge in [-0.1, -0.05) is 30.3 Å². The molecule has 0 saturated carbocycles. The van der Waals surface area contributed by atoms with E-state index in [1.54, 1.807) is 0 Å². The van der Waals surface area contributed by atoms with Gasteiger partial charge < -0.3 is 10.6 Å². The molecule has 1 aliphatic heterocycles. The van der Waals surface area contributed by atoms with Gasteiger partial charge in [-0.05, 0) is 25.5 Å². The number of aliphatic imine (C=N–C) groups is 1. The van der Waals surface area contributed by atoms with Crippen molar-refractivity contribution in [1.29, 1.82) is 0 Å². The average Bonchev–Trinajstić information content (AvgIpc) is 2.55. The first-order valence-electron chi connectivity index (χ1n) is 8.28. The van der Waals surface area contributed by atoms with Crippen LogP contribution in [0.3, 0.4) is 0 Å². The summed E-state index contributed by atoms with van der Waals surface area (Å²) in [4.78, 5) is 17.6. The van der Waals surface area contributed by atoms with E-state index >= 15 is 0 Å². The number of aryl methyl sites for hydroxylation is 2. The van der Waals surface area contributed by atoms with Gasteiger partial charge in [-0.3, -0.25) is 4.90 Å². The van der Waals surface area contributed by atoms with Crippen molar-refractivity contribution in [2.24, 2.45) is 10.7 Å². The fraction of sp³-hybridized carbons (Fsp3) is 0.389. The van der Waals surface area contributed by atoms with Crippen molar-refractivity contribution in [3.8, 4) is 0 Å². The van der Waals surface area contributed by atoms with Crippen LogP contribution in [-0.4, -0.2) is 51.9 Å². The van der Waals surface area contributed by atoms with Crippen LogP contribution in [0.25, 0.3) is 0 Å². The zero-order valence-electron chi connectivity index (χ0n) is 14.3. The molecule has 1 aromatic heterocycles. The minimum absolute atomic E-state index is 0.441. The molecular weight excluding hydrogens is 300 g/mol. The summed E-state index contributed by atoms with van der Waals surface area (Å²) >= 11 is 0. The standard InChI is InChI=1S/C18H24N6/c1-14-12-15(2)21-18(20-14)22-17(19)24-10-8-23(9-11-24)13-16-6-4-3-5-7-16/h3-7,12H,8-11,13H2,1-2H3,(H2,19,20,21,22). The topological polar surface area (TPSA) is 70.6 Å². The number of benzene rings is 1. The molecule has 2 aromatic rings. The number of nitrogens with two attached hydrogens (primary N) is 1. The van der Waals surface area contributed by atoms with E-state index in [2.05, 4.69) is 49.0 Å². The van der Waals surface area contributed by atoms with Crippen molar-refractivity contribution in [3.05, 3.63) is 53.3 Å². The third-order valence-electron chi connectivity index (χ3n) is 4.13. The molecule has 1 aliphatic rings. The van der Waals surface area contributed by atoms with Gasteiger partial charge in [0, 0.05) is 44.1 Å². The van der Waals surface area contributed by atoms with Gasteiger partial charge >= 0.3 is 0 Å². The number of rotatable bonds is 3. The van der Waals surface area contributed by atoms with Crippen LogP contribution in [0.5, 0.6) is 0 Å². The number of hydrogen-bond donors (Lipinski definition) is 1. The third-order valence-corrected chi connectivity index (χ3v) is 4.13. The van der Waals surface area contributed by atoms with Gasteiger partial charge in [-0.25, -0.2) is 9.97 Å². The normalized spacial score (nSPS) is 16.4. The van der Waals surface area contributed by atoms with Gasteiger partial charge in [-0.2, -0.15) is 4.99 Å². The van der Waals surface area contributed by atoms with E-state index in [0.29, 0.717) is 11.9 Å². The number of guanidine groups is 1. The number of nitrogens with zero attached hydrogens (tertiary/aromatic N) is 5. The molecular formula is C18H24N6. The van der Waals surface area contributed by atoms with E-state index in [1.807, 2.05) is 26.0 Å². The largest absolute Gasteiger partial charge is 0.369 e. The monoisotopic (exact) mass is 324 g/mol. The highest BCUT2D eigenvalue weighted by atomic mass is 15.3. The van der Waals surface area contributed by atoms with E-state index < -0.39 is 0 Å². The molecule has 0 unspecified atom stereocenters. The van der Waals surface area contributed by atoms with Crippen molar-refractivity contribution >= 4 is 11.9 Å². The van der Waals surface area contributed by atoms with Gasteiger partial charge in [-0.15, -0.1) is 0 Å². The smallest absolute Gasteiger partial charge is 0.253 e. The van der Waals surface area contributed by atoms with Crippen molar-refractivity contribution in [2.75, 3.05) is 26.2 Å². The summed E-state index contributed by atoms with van der Waals surface area (Å²) in [6.07, 6.45) is 0. The van der Waals surface area contributed by atoms with Gasteiger partial charge in [0.05, 0.1) is 0 Å². The molecule has 0 amide bonds. The molecule has 6 heteroatoms. The Hall–Kier alpha value is -2.47. The maximum Gasteiger partial charge on any atom is 0.253 e. The Bertz CT molecular complexity index is 684. The Kier molecular flexibility index (Phi) is 5.05. The van der Waals surface area contributed by atoms with Crippen LogP contribution in [0.2, 0.25) is 0 Å². The zero-order chi connectivity index (χ0) is 16.9. The van der Waals surface area contributed by atoms with E-state index in [0.717, 1.165) is 44.1 Å². The first-order valence-corrected chi connectivity index (χ1v) is 8.28. The van der Waals surface area contributed by atoms with E-state index in [4.69, 9.17) is 5.73 Å². The second kappa shape index (κ2) is 7.40. The van der Waals surface area contributed by atoms with Crippen molar-refractivity contribution < 1.29 is 0 Å². The minimum atomic E-state index is 0.441. The zero-order valence-corrected chi connectivity index (χ0v) is 14.3. The van der Waals surface area contributed by atoms with Crippen LogP contribution in [0.15, 0.2) is 41.4 Å². The van der Waals surface area contributed by atoms with Crippen molar-refractivity contribution in [1.82, 2.24) is 19.8 Å². The summed E-state index contributed by atoms with van der Waals surface area (Å²) in [7, 11) is 0. The minimum Gasteiger partial charge on any atom is -0.369 e. The summed E-state index contributed by atoms with van der Waals surface area (Å²) in [5.41, 5.74) is 9.31. The molecule has 0 aliphatic carbocycles. The Morgan fingerprint density at radius 1 is 1.04 bits per heavy atom. The lowest BCUT2D eigenvalue weighted by atomic mass is 10.2. The highest BCUT2D eigenvalue weighted by Gasteiger charge is 2.18. The average molecular weight is 324 g/mol. The van der Waals surface area contributed by atoms with Crippen molar-refractivity contribution in [2.45, 2.75) is 20.4 Å². The Balaban J connectivity index is 1.58. The molecule has 2 N–H and O–H groups in total. The maximum absolute atomic E-state index is 6.16. The Labute approximate surface area is 143 Å². The molecule has 0 radical (unpaired) electrons. The second-order valence-electron chi connectivity index (χ2n) is 6.17. The third kappa shape index (κ3) is 4.29. The van der Waals surface area contributed by atoms with Gasteiger partial charge in [0.2, 0.25) is 0 Å². The molecule has 6 nitrogen and oxygen atoms in total. The van der Waals surface area contributed by atoms with E-state index in [1.165, 1.54) is 5.56 Å². The fourth-order valence-electron chi connectivity index (χ4n) is 2.91. The Morgan fingerprint density at radius 2 is 1.67 bits per heavy atom. The van der Waals surface area contributed by atoms with Crippen LogP contribution in [0, 0.1) is 13.8 Å². The number of hydrogen-bond acceptors (Lipinski definition) is 4. The summed E-state index contributed by atoms with van der Waals surface area (Å²) in [6.45, 7) is 8.53. The predicted octanol–water partition coefficient (Wildman–Crippen LogP) is 1.86. The van der Waals surface area contributed by atoms with Crippen LogP contribution >= 0.6 is 0 Å². The molecule has 24 heavy (non-hydrogen) atoms. The molecule has 0 spiro atoms. The van der Waals surface area contributed by atoms with Crippen molar-refractivity contribution in [3.63, 3.8) is 0 Å². The van der Waals surface area contributed by atoms with Gasteiger partial charge in [0.15, 0.2) is 5.96 Å². The molecule has 1 saturated heterocycles. The highest BCUT2D eigenvalue weighted by molar-refractivity contribution is 5.80. The summed E-state index contributed by atoms with van der Waals surface area (Å²) in [5, 5.41) is 0.